The average Bonchev–Trinajstić information content (AvgIpc) is 2.82. The second-order valence-electron chi connectivity index (χ2n) is 3.51. The van der Waals surface area contributed by atoms with Crippen molar-refractivity contribution in [2.24, 2.45) is 0 Å². The van der Waals surface area contributed by atoms with Crippen molar-refractivity contribution >= 4 is 21.4 Å². The van der Waals surface area contributed by atoms with Crippen LogP contribution in [0.15, 0.2) is 36.8 Å². The van der Waals surface area contributed by atoms with E-state index >= 15 is 0 Å². The van der Waals surface area contributed by atoms with Gasteiger partial charge in [-0.05, 0) is 6.07 Å². The van der Waals surface area contributed by atoms with Gasteiger partial charge in [0.15, 0.2) is 0 Å². The number of aromatic nitrogens is 2. The molecule has 0 aliphatic carbocycles. The number of rotatable bonds is 2. The summed E-state index contributed by atoms with van der Waals surface area (Å²) in [4.78, 5) is 8.42. The minimum absolute atomic E-state index is 0.770. The van der Waals surface area contributed by atoms with Crippen molar-refractivity contribution in [1.29, 1.82) is 0 Å². The number of nitrogens with zero attached hydrogens (tertiary/aromatic N) is 2. The van der Waals surface area contributed by atoms with Gasteiger partial charge < -0.3 is 4.74 Å². The van der Waals surface area contributed by atoms with Crippen LogP contribution in [-0.4, -0.2) is 17.1 Å². The zero-order valence-corrected chi connectivity index (χ0v) is 9.99. The minimum Gasteiger partial charge on any atom is -0.495 e. The van der Waals surface area contributed by atoms with Gasteiger partial charge in [-0.1, -0.05) is 12.1 Å². The van der Waals surface area contributed by atoms with Gasteiger partial charge in [-0.25, -0.2) is 0 Å². The molecular weight excluding hydrogens is 232 g/mol. The molecule has 2 heterocycles. The van der Waals surface area contributed by atoms with E-state index in [-0.39, 0.29) is 0 Å². The Hall–Kier alpha value is -1.94. The SMILES string of the molecule is COc1[c]sc2cccc(-c3cnccn3)c12. The Morgan fingerprint density at radius 1 is 1.29 bits per heavy atom. The molecule has 83 valence electrons. The van der Waals surface area contributed by atoms with E-state index in [0.717, 1.165) is 27.1 Å². The molecule has 2 aromatic heterocycles. The molecule has 3 nitrogen and oxygen atoms in total. The highest BCUT2D eigenvalue weighted by Gasteiger charge is 2.11. The summed E-state index contributed by atoms with van der Waals surface area (Å²) in [5, 5.41) is 4.20. The molecule has 1 aromatic carbocycles. The van der Waals surface area contributed by atoms with E-state index in [1.807, 2.05) is 12.1 Å². The van der Waals surface area contributed by atoms with E-state index in [1.54, 1.807) is 37.0 Å². The van der Waals surface area contributed by atoms with Gasteiger partial charge in [0, 0.05) is 28.0 Å². The summed E-state index contributed by atoms with van der Waals surface area (Å²) in [6.07, 6.45) is 5.11. The fourth-order valence-corrected chi connectivity index (χ4v) is 2.64. The second-order valence-corrected chi connectivity index (χ2v) is 4.35. The van der Waals surface area contributed by atoms with Crippen LogP contribution >= 0.6 is 11.3 Å². The Bertz CT molecular complexity index is 649. The Morgan fingerprint density at radius 2 is 2.24 bits per heavy atom. The van der Waals surface area contributed by atoms with Crippen LogP contribution in [-0.2, 0) is 0 Å². The van der Waals surface area contributed by atoms with E-state index in [1.165, 1.54) is 0 Å². The normalized spacial score (nSPS) is 10.6. The number of thiophene rings is 1. The maximum absolute atomic E-state index is 5.34. The first-order valence-electron chi connectivity index (χ1n) is 5.13. The molecule has 3 rings (SSSR count). The summed E-state index contributed by atoms with van der Waals surface area (Å²) >= 11 is 1.55. The number of hydrogen-bond acceptors (Lipinski definition) is 4. The van der Waals surface area contributed by atoms with Crippen LogP contribution < -0.4 is 4.74 Å². The fourth-order valence-electron chi connectivity index (χ4n) is 1.80. The van der Waals surface area contributed by atoms with E-state index < -0.39 is 0 Å². The zero-order chi connectivity index (χ0) is 11.7. The third kappa shape index (κ3) is 1.66. The number of methoxy groups -OCH3 is 1. The number of hydrogen-bond donors (Lipinski definition) is 0. The summed E-state index contributed by atoms with van der Waals surface area (Å²) in [7, 11) is 1.66. The van der Waals surface area contributed by atoms with Gasteiger partial charge in [0.25, 0.3) is 0 Å². The lowest BCUT2D eigenvalue weighted by Gasteiger charge is -2.04. The topological polar surface area (TPSA) is 35.0 Å². The van der Waals surface area contributed by atoms with E-state index in [2.05, 4.69) is 21.4 Å². The summed E-state index contributed by atoms with van der Waals surface area (Å²) in [6.45, 7) is 0. The molecule has 0 spiro atoms. The van der Waals surface area contributed by atoms with Gasteiger partial charge in [0.05, 0.1) is 24.4 Å². The van der Waals surface area contributed by atoms with E-state index in [0.29, 0.717) is 0 Å². The maximum Gasteiger partial charge on any atom is 0.146 e. The Labute approximate surface area is 103 Å². The lowest BCUT2D eigenvalue weighted by atomic mass is 10.1. The average molecular weight is 241 g/mol. The molecule has 0 aliphatic rings. The molecular formula is C13H9N2OS. The van der Waals surface area contributed by atoms with Crippen molar-refractivity contribution in [3.8, 4) is 17.0 Å². The third-order valence-electron chi connectivity index (χ3n) is 2.55. The van der Waals surface area contributed by atoms with Crippen molar-refractivity contribution in [3.63, 3.8) is 0 Å². The van der Waals surface area contributed by atoms with Crippen LogP contribution in [0.1, 0.15) is 0 Å². The molecule has 0 atom stereocenters. The molecule has 0 aliphatic heterocycles. The molecule has 0 amide bonds. The van der Waals surface area contributed by atoms with Crippen LogP contribution in [0.5, 0.6) is 5.75 Å². The highest BCUT2D eigenvalue weighted by molar-refractivity contribution is 7.17. The number of fused-ring (bicyclic) bond motifs is 1. The van der Waals surface area contributed by atoms with Gasteiger partial charge >= 0.3 is 0 Å². The highest BCUT2D eigenvalue weighted by Crippen LogP contribution is 2.37. The van der Waals surface area contributed by atoms with E-state index in [9.17, 15) is 0 Å². The molecule has 0 fully saturated rings. The molecule has 0 N–H and O–H groups in total. The first kappa shape index (κ1) is 10.2. The van der Waals surface area contributed by atoms with Crippen LogP contribution in [0.2, 0.25) is 0 Å². The first-order valence-corrected chi connectivity index (χ1v) is 5.95. The van der Waals surface area contributed by atoms with E-state index in [4.69, 9.17) is 4.74 Å². The molecule has 4 heteroatoms. The van der Waals surface area contributed by atoms with Crippen LogP contribution in [0.3, 0.4) is 0 Å². The molecule has 0 bridgehead atoms. The molecule has 1 radical (unpaired) electrons. The molecule has 3 aromatic rings. The first-order chi connectivity index (χ1) is 8.40. The van der Waals surface area contributed by atoms with Crippen LogP contribution in [0.4, 0.5) is 0 Å². The predicted octanol–water partition coefficient (Wildman–Crippen LogP) is 3.17. The van der Waals surface area contributed by atoms with Gasteiger partial charge in [-0.15, -0.1) is 11.3 Å². The summed E-state index contributed by atoms with van der Waals surface area (Å²) in [5.74, 6) is 0.770. The smallest absolute Gasteiger partial charge is 0.146 e. The van der Waals surface area contributed by atoms with Crippen molar-refractivity contribution in [3.05, 3.63) is 42.2 Å². The van der Waals surface area contributed by atoms with Gasteiger partial charge in [-0.2, -0.15) is 0 Å². The summed E-state index contributed by atoms with van der Waals surface area (Å²) in [6, 6.07) is 6.09. The van der Waals surface area contributed by atoms with Crippen LogP contribution in [0, 0.1) is 5.38 Å². The Kier molecular flexibility index (Phi) is 2.49. The quantitative estimate of drug-likeness (QED) is 0.691. The third-order valence-corrected chi connectivity index (χ3v) is 3.40. The summed E-state index contributed by atoms with van der Waals surface area (Å²) in [5.41, 5.74) is 1.88. The molecule has 0 saturated carbocycles. The standard InChI is InChI=1S/C13H9N2OS/c1-16-11-8-17-12-4-2-3-9(13(11)12)10-7-14-5-6-15-10/h2-7H,1H3. The second kappa shape index (κ2) is 4.14. The number of ether oxygens (including phenoxy) is 1. The van der Waals surface area contributed by atoms with Crippen molar-refractivity contribution < 1.29 is 4.74 Å². The summed E-state index contributed by atoms with van der Waals surface area (Å²) < 4.78 is 6.48. The van der Waals surface area contributed by atoms with Crippen molar-refractivity contribution in [1.82, 2.24) is 9.97 Å². The van der Waals surface area contributed by atoms with Crippen molar-refractivity contribution in [2.75, 3.05) is 7.11 Å². The monoisotopic (exact) mass is 241 g/mol. The Morgan fingerprint density at radius 3 is 3.00 bits per heavy atom. The molecule has 17 heavy (non-hydrogen) atoms. The van der Waals surface area contributed by atoms with Gasteiger partial charge in [0.2, 0.25) is 0 Å². The lowest BCUT2D eigenvalue weighted by Crippen LogP contribution is -1.87. The molecule has 0 saturated heterocycles. The number of benzene rings is 1. The lowest BCUT2D eigenvalue weighted by molar-refractivity contribution is 0.420. The van der Waals surface area contributed by atoms with Gasteiger partial charge in [-0.3, -0.25) is 9.97 Å². The largest absolute Gasteiger partial charge is 0.495 e. The zero-order valence-electron chi connectivity index (χ0n) is 9.18. The highest BCUT2D eigenvalue weighted by atomic mass is 32.1. The van der Waals surface area contributed by atoms with Crippen molar-refractivity contribution in [2.45, 2.75) is 0 Å². The minimum atomic E-state index is 0.770. The predicted molar refractivity (Wildman–Crippen MR) is 68.2 cm³/mol. The van der Waals surface area contributed by atoms with Gasteiger partial charge in [0.1, 0.15) is 5.75 Å². The van der Waals surface area contributed by atoms with Crippen LogP contribution in [0.25, 0.3) is 21.3 Å². The maximum atomic E-state index is 5.34. The fraction of sp³-hybridized carbons (Fsp3) is 0.0769. The Balaban J connectivity index is 2.33. The molecule has 0 unspecified atom stereocenters.